The molecular formula is C12H15ClF8O3. The molecule has 0 aromatic carbocycles. The van der Waals surface area contributed by atoms with E-state index in [2.05, 4.69) is 9.47 Å². The maximum atomic E-state index is 13.1. The molecule has 0 saturated heterocycles. The summed E-state index contributed by atoms with van der Waals surface area (Å²) in [4.78, 5) is 11.0. The number of ether oxygens (including phenoxy) is 2. The third-order valence-corrected chi connectivity index (χ3v) is 2.87. The highest BCUT2D eigenvalue weighted by Crippen LogP contribution is 2.48. The molecule has 12 heteroatoms. The quantitative estimate of drug-likeness (QED) is 0.300. The largest absolute Gasteiger partial charge is 0.464 e. The van der Waals surface area contributed by atoms with Crippen LogP contribution in [0.15, 0.2) is 0 Å². The van der Waals surface area contributed by atoms with Crippen molar-refractivity contribution in [1.29, 1.82) is 0 Å². The normalized spacial score (nSPS) is 14.8. The van der Waals surface area contributed by atoms with Crippen molar-refractivity contribution >= 4 is 17.6 Å². The lowest BCUT2D eigenvalue weighted by Crippen LogP contribution is -2.59. The summed E-state index contributed by atoms with van der Waals surface area (Å²) in [7, 11) is 0. The Bertz CT molecular complexity index is 406. The summed E-state index contributed by atoms with van der Waals surface area (Å²) in [6, 6.07) is 0. The Kier molecular flexibility index (Phi) is 8.71. The SMILES string of the molecule is CCCC(=O)OCC(Cl)COCC(F)(F)C(F)(F)C(F)(F)C(F)F. The van der Waals surface area contributed by atoms with Crippen molar-refractivity contribution in [3.63, 3.8) is 0 Å². The molecule has 0 N–H and O–H groups in total. The molecule has 0 amide bonds. The molecule has 0 spiro atoms. The average molecular weight is 395 g/mol. The first-order valence-electron chi connectivity index (χ1n) is 6.58. The summed E-state index contributed by atoms with van der Waals surface area (Å²) < 4.78 is 110. The smallest absolute Gasteiger partial charge is 0.380 e. The second-order valence-corrected chi connectivity index (χ2v) is 5.37. The number of alkyl halides is 9. The van der Waals surface area contributed by atoms with Gasteiger partial charge in [0.25, 0.3) is 0 Å². The molecule has 0 radical (unpaired) electrons. The fourth-order valence-corrected chi connectivity index (χ4v) is 1.45. The van der Waals surface area contributed by atoms with Crippen molar-refractivity contribution in [3.8, 4) is 0 Å². The molecule has 0 heterocycles. The Morgan fingerprint density at radius 1 is 1.08 bits per heavy atom. The molecule has 0 bridgehead atoms. The van der Waals surface area contributed by atoms with Gasteiger partial charge in [0.1, 0.15) is 13.2 Å². The number of hydrogen-bond acceptors (Lipinski definition) is 3. The second kappa shape index (κ2) is 9.02. The van der Waals surface area contributed by atoms with Crippen molar-refractivity contribution in [2.45, 2.75) is 49.3 Å². The van der Waals surface area contributed by atoms with Gasteiger partial charge < -0.3 is 9.47 Å². The number of carbonyl (C=O) groups is 1. The van der Waals surface area contributed by atoms with E-state index in [4.69, 9.17) is 11.6 Å². The Morgan fingerprint density at radius 2 is 1.62 bits per heavy atom. The molecule has 0 aliphatic heterocycles. The third kappa shape index (κ3) is 5.91. The van der Waals surface area contributed by atoms with Crippen LogP contribution in [0.2, 0.25) is 0 Å². The van der Waals surface area contributed by atoms with Crippen molar-refractivity contribution in [2.24, 2.45) is 0 Å². The first-order valence-corrected chi connectivity index (χ1v) is 7.02. The summed E-state index contributed by atoms with van der Waals surface area (Å²) in [5.74, 6) is -18.8. The highest BCUT2D eigenvalue weighted by molar-refractivity contribution is 6.20. The van der Waals surface area contributed by atoms with Crippen molar-refractivity contribution in [2.75, 3.05) is 19.8 Å². The highest BCUT2D eigenvalue weighted by atomic mass is 35.5. The molecule has 3 nitrogen and oxygen atoms in total. The number of halogens is 9. The molecule has 1 atom stereocenters. The first-order chi connectivity index (χ1) is 10.8. The number of carbonyl (C=O) groups excluding carboxylic acids is 1. The van der Waals surface area contributed by atoms with Gasteiger partial charge in [-0.1, -0.05) is 6.92 Å². The van der Waals surface area contributed by atoms with Gasteiger partial charge in [0.2, 0.25) is 0 Å². The fourth-order valence-electron chi connectivity index (χ4n) is 1.29. The molecule has 0 aliphatic carbocycles. The predicted molar refractivity (Wildman–Crippen MR) is 67.2 cm³/mol. The molecule has 1 unspecified atom stereocenters. The molecule has 0 rings (SSSR count). The minimum Gasteiger partial charge on any atom is -0.464 e. The van der Waals surface area contributed by atoms with Crippen LogP contribution in [0.25, 0.3) is 0 Å². The Balaban J connectivity index is 4.50. The summed E-state index contributed by atoms with van der Waals surface area (Å²) in [6.45, 7) is -1.93. The maximum Gasteiger partial charge on any atom is 0.380 e. The molecule has 0 aromatic heterocycles. The average Bonchev–Trinajstić information content (AvgIpc) is 2.44. The lowest BCUT2D eigenvalue weighted by molar-refractivity contribution is -0.345. The minimum absolute atomic E-state index is 0.0669. The van der Waals surface area contributed by atoms with Crippen LogP contribution in [0.1, 0.15) is 19.8 Å². The van der Waals surface area contributed by atoms with Gasteiger partial charge in [-0.2, -0.15) is 26.3 Å². The topological polar surface area (TPSA) is 35.5 Å². The zero-order valence-electron chi connectivity index (χ0n) is 12.3. The van der Waals surface area contributed by atoms with Gasteiger partial charge in [-0.25, -0.2) is 8.78 Å². The van der Waals surface area contributed by atoms with E-state index in [9.17, 15) is 39.9 Å². The van der Waals surface area contributed by atoms with Crippen LogP contribution in [-0.2, 0) is 14.3 Å². The van der Waals surface area contributed by atoms with Crippen LogP contribution in [-0.4, -0.2) is 55.4 Å². The minimum atomic E-state index is -6.33. The van der Waals surface area contributed by atoms with Gasteiger partial charge in [0, 0.05) is 6.42 Å². The van der Waals surface area contributed by atoms with E-state index in [1.165, 1.54) is 0 Å². The van der Waals surface area contributed by atoms with Crippen molar-refractivity contribution in [3.05, 3.63) is 0 Å². The van der Waals surface area contributed by atoms with E-state index in [1.54, 1.807) is 6.92 Å². The molecule has 0 fully saturated rings. The van der Waals surface area contributed by atoms with E-state index < -0.39 is 55.4 Å². The summed E-state index contributed by atoms with van der Waals surface area (Å²) in [6.07, 6.45) is -4.45. The van der Waals surface area contributed by atoms with Crippen LogP contribution >= 0.6 is 11.6 Å². The summed E-state index contributed by atoms with van der Waals surface area (Å²) in [5, 5.41) is -1.22. The van der Waals surface area contributed by atoms with Gasteiger partial charge in [-0.05, 0) is 6.42 Å². The molecule has 144 valence electrons. The number of hydrogen-bond donors (Lipinski definition) is 0. The molecule has 0 aromatic rings. The third-order valence-electron chi connectivity index (χ3n) is 2.61. The van der Waals surface area contributed by atoms with E-state index in [0.29, 0.717) is 6.42 Å². The molecule has 0 aliphatic rings. The van der Waals surface area contributed by atoms with Crippen molar-refractivity contribution < 1.29 is 49.4 Å². The molecule has 24 heavy (non-hydrogen) atoms. The van der Waals surface area contributed by atoms with E-state index >= 15 is 0 Å². The van der Waals surface area contributed by atoms with E-state index in [0.717, 1.165) is 0 Å². The van der Waals surface area contributed by atoms with Crippen LogP contribution in [0.5, 0.6) is 0 Å². The standard InChI is InChI=1S/C12H15ClF8O3/c1-2-3-8(22)24-5-7(13)4-23-6-10(16,17)12(20,21)11(18,19)9(14)15/h7,9H,2-6H2,1H3. The van der Waals surface area contributed by atoms with Gasteiger partial charge in [0.05, 0.1) is 12.0 Å². The van der Waals surface area contributed by atoms with E-state index in [-0.39, 0.29) is 6.42 Å². The van der Waals surface area contributed by atoms with Crippen LogP contribution in [0, 0.1) is 0 Å². The summed E-state index contributed by atoms with van der Waals surface area (Å²) >= 11 is 5.51. The first kappa shape index (κ1) is 23.2. The molecule has 0 saturated carbocycles. The second-order valence-electron chi connectivity index (χ2n) is 4.75. The van der Waals surface area contributed by atoms with Gasteiger partial charge in [-0.3, -0.25) is 4.79 Å². The van der Waals surface area contributed by atoms with Gasteiger partial charge in [0.15, 0.2) is 0 Å². The van der Waals surface area contributed by atoms with Gasteiger partial charge >= 0.3 is 30.2 Å². The van der Waals surface area contributed by atoms with Crippen LogP contribution in [0.3, 0.4) is 0 Å². The predicted octanol–water partition coefficient (Wildman–Crippen LogP) is 4.12. The van der Waals surface area contributed by atoms with Crippen molar-refractivity contribution in [1.82, 2.24) is 0 Å². The Hall–Kier alpha value is -0.840. The fraction of sp³-hybridized carbons (Fsp3) is 0.917. The monoisotopic (exact) mass is 394 g/mol. The van der Waals surface area contributed by atoms with Crippen LogP contribution < -0.4 is 0 Å². The van der Waals surface area contributed by atoms with Gasteiger partial charge in [-0.15, -0.1) is 11.6 Å². The lowest BCUT2D eigenvalue weighted by atomic mass is 10.1. The summed E-state index contributed by atoms with van der Waals surface area (Å²) in [5.41, 5.74) is 0. The highest BCUT2D eigenvalue weighted by Gasteiger charge is 2.75. The Morgan fingerprint density at radius 3 is 2.08 bits per heavy atom. The number of esters is 1. The zero-order valence-corrected chi connectivity index (χ0v) is 13.1. The zero-order chi connectivity index (χ0) is 19.2. The Labute approximate surface area is 137 Å². The van der Waals surface area contributed by atoms with E-state index in [1.807, 2.05) is 0 Å². The number of rotatable bonds is 11. The maximum absolute atomic E-state index is 13.1. The van der Waals surface area contributed by atoms with Crippen LogP contribution in [0.4, 0.5) is 35.1 Å². The lowest BCUT2D eigenvalue weighted by Gasteiger charge is -2.32. The molecular weight excluding hydrogens is 380 g/mol.